The summed E-state index contributed by atoms with van der Waals surface area (Å²) in [6.07, 6.45) is 10.5. The number of ether oxygens (including phenoxy) is 2. The average Bonchev–Trinajstić information content (AvgIpc) is 3.86. The minimum atomic E-state index is -0.765. The first-order valence-electron chi connectivity index (χ1n) is 16.9. The molecule has 0 N–H and O–H groups in total. The van der Waals surface area contributed by atoms with Gasteiger partial charge in [-0.05, 0) is 61.9 Å². The van der Waals surface area contributed by atoms with Gasteiger partial charge >= 0.3 is 0 Å². The summed E-state index contributed by atoms with van der Waals surface area (Å²) in [5.74, 6) is 2.04. The summed E-state index contributed by atoms with van der Waals surface area (Å²) in [5, 5.41) is 8.14. The fraction of sp³-hybridized carbons (Fsp3) is 0.417. The van der Waals surface area contributed by atoms with Crippen molar-refractivity contribution in [1.29, 1.82) is 0 Å². The van der Waals surface area contributed by atoms with Crippen molar-refractivity contribution in [3.8, 4) is 22.8 Å². The number of piperidine rings is 2. The third-order valence-corrected chi connectivity index (χ3v) is 9.53. The van der Waals surface area contributed by atoms with Crippen molar-refractivity contribution in [3.05, 3.63) is 96.7 Å². The molecule has 13 heteroatoms. The van der Waals surface area contributed by atoms with Gasteiger partial charge in [0.2, 0.25) is 17.6 Å². The van der Waals surface area contributed by atoms with Gasteiger partial charge in [-0.25, -0.2) is 0 Å². The van der Waals surface area contributed by atoms with E-state index >= 15 is 0 Å². The Labute approximate surface area is 284 Å². The molecule has 0 spiro atoms. The van der Waals surface area contributed by atoms with E-state index in [0.717, 1.165) is 55.5 Å². The Kier molecular flexibility index (Phi) is 10.1. The predicted octanol–water partition coefficient (Wildman–Crippen LogP) is 5.07. The van der Waals surface area contributed by atoms with Crippen LogP contribution in [0, 0.1) is 0 Å². The fourth-order valence-corrected chi connectivity index (χ4v) is 6.87. The summed E-state index contributed by atoms with van der Waals surface area (Å²) in [4.78, 5) is 36.0. The molecule has 2 saturated heterocycles. The number of amides is 1. The van der Waals surface area contributed by atoms with Crippen LogP contribution < -0.4 is 0 Å². The monoisotopic (exact) mass is 664 g/mol. The molecule has 254 valence electrons. The second-order valence-corrected chi connectivity index (χ2v) is 12.4. The molecular weight excluding hydrogens is 624 g/mol. The van der Waals surface area contributed by atoms with Gasteiger partial charge in [0, 0.05) is 62.1 Å². The van der Waals surface area contributed by atoms with E-state index in [9.17, 15) is 4.79 Å². The Morgan fingerprint density at radius 3 is 1.71 bits per heavy atom. The lowest BCUT2D eigenvalue weighted by atomic mass is 9.81. The van der Waals surface area contributed by atoms with Crippen LogP contribution in [0.4, 0.5) is 0 Å². The zero-order valence-corrected chi connectivity index (χ0v) is 27.6. The van der Waals surface area contributed by atoms with Crippen LogP contribution in [0.5, 0.6) is 0 Å². The van der Waals surface area contributed by atoms with Crippen LogP contribution >= 0.6 is 0 Å². The van der Waals surface area contributed by atoms with E-state index < -0.39 is 5.54 Å². The van der Waals surface area contributed by atoms with E-state index in [1.54, 1.807) is 24.8 Å². The maximum absolute atomic E-state index is 14.6. The molecule has 0 saturated carbocycles. The topological polar surface area (TPSA) is 146 Å². The van der Waals surface area contributed by atoms with Crippen LogP contribution in [-0.4, -0.2) is 84.3 Å². The average molecular weight is 665 g/mol. The molecule has 0 aliphatic carbocycles. The smallest absolute Gasteiger partial charge is 0.252 e. The molecule has 2 fully saturated rings. The molecule has 1 unspecified atom stereocenters. The molecule has 0 bridgehead atoms. The Morgan fingerprint density at radius 1 is 0.735 bits per heavy atom. The molecular formula is C36H40N8O5. The van der Waals surface area contributed by atoms with Crippen molar-refractivity contribution < 1.29 is 23.3 Å². The minimum Gasteiger partial charge on any atom is -0.368 e. The normalized spacial score (nSPS) is 17.6. The molecule has 4 aromatic heterocycles. The van der Waals surface area contributed by atoms with Crippen molar-refractivity contribution >= 4 is 5.91 Å². The summed E-state index contributed by atoms with van der Waals surface area (Å²) in [6, 6.07) is 17.6. The van der Waals surface area contributed by atoms with Crippen LogP contribution in [0.1, 0.15) is 56.4 Å². The summed E-state index contributed by atoms with van der Waals surface area (Å²) in [5.41, 5.74) is 1.94. The highest BCUT2D eigenvalue weighted by molar-refractivity contribution is 5.88. The summed E-state index contributed by atoms with van der Waals surface area (Å²) in [7, 11) is 0. The second-order valence-electron chi connectivity index (χ2n) is 12.4. The van der Waals surface area contributed by atoms with Crippen molar-refractivity contribution in [2.45, 2.75) is 70.0 Å². The van der Waals surface area contributed by atoms with E-state index in [2.05, 4.69) is 54.2 Å². The molecule has 2 aliphatic heterocycles. The van der Waals surface area contributed by atoms with Gasteiger partial charge in [-0.1, -0.05) is 47.6 Å². The van der Waals surface area contributed by atoms with Gasteiger partial charge in [0.15, 0.2) is 0 Å². The maximum Gasteiger partial charge on any atom is 0.252 e. The summed E-state index contributed by atoms with van der Waals surface area (Å²) < 4.78 is 23.2. The number of aromatic nitrogens is 6. The van der Waals surface area contributed by atoms with E-state index in [0.29, 0.717) is 42.9 Å². The minimum absolute atomic E-state index is 0.000558. The Hall–Kier alpha value is -4.85. The first-order chi connectivity index (χ1) is 24.1. The molecule has 5 aromatic rings. The molecule has 1 aromatic carbocycles. The van der Waals surface area contributed by atoms with Gasteiger partial charge in [-0.2, -0.15) is 9.97 Å². The highest BCUT2D eigenvalue weighted by Crippen LogP contribution is 2.38. The number of rotatable bonds is 12. The van der Waals surface area contributed by atoms with Gasteiger partial charge in [0.25, 0.3) is 11.8 Å². The second kappa shape index (κ2) is 15.1. The third-order valence-electron chi connectivity index (χ3n) is 9.53. The van der Waals surface area contributed by atoms with Crippen molar-refractivity contribution in [1.82, 2.24) is 40.0 Å². The molecule has 13 nitrogen and oxygen atoms in total. The highest BCUT2D eigenvalue weighted by Gasteiger charge is 2.48. The van der Waals surface area contributed by atoms with Crippen molar-refractivity contribution in [2.24, 2.45) is 0 Å². The zero-order chi connectivity index (χ0) is 33.5. The maximum atomic E-state index is 14.6. The lowest BCUT2D eigenvalue weighted by Crippen LogP contribution is -2.60. The number of nitrogens with zero attached hydrogens (tertiary/aromatic N) is 8. The Balaban J connectivity index is 0.950. The number of carbonyl (C=O) groups excluding carboxylic acids is 1. The van der Waals surface area contributed by atoms with Crippen LogP contribution in [0.15, 0.2) is 88.4 Å². The van der Waals surface area contributed by atoms with Crippen molar-refractivity contribution in [3.63, 3.8) is 0 Å². The Bertz CT molecular complexity index is 1770. The SMILES string of the molecule is CCC(C(=O)N1CCC(OCc2nc(-c3ccncc3)no2)CC1)(c1ccccc1)N1CCC(OCc2nc(-c3ccncc3)no2)CC1. The lowest BCUT2D eigenvalue weighted by molar-refractivity contribution is -0.151. The summed E-state index contributed by atoms with van der Waals surface area (Å²) in [6.45, 7) is 5.30. The largest absolute Gasteiger partial charge is 0.368 e. The number of hydrogen-bond acceptors (Lipinski definition) is 12. The van der Waals surface area contributed by atoms with Gasteiger partial charge in [0.1, 0.15) is 18.8 Å². The lowest BCUT2D eigenvalue weighted by Gasteiger charge is -2.48. The molecule has 2 aliphatic rings. The summed E-state index contributed by atoms with van der Waals surface area (Å²) >= 11 is 0. The third kappa shape index (κ3) is 7.28. The molecule has 7 rings (SSSR count). The quantitative estimate of drug-likeness (QED) is 0.175. The van der Waals surface area contributed by atoms with E-state index in [1.807, 2.05) is 47.4 Å². The number of likely N-dealkylation sites (tertiary alicyclic amines) is 2. The van der Waals surface area contributed by atoms with Crippen LogP contribution in [-0.2, 0) is 33.0 Å². The molecule has 1 atom stereocenters. The fourth-order valence-electron chi connectivity index (χ4n) is 6.87. The molecule has 49 heavy (non-hydrogen) atoms. The van der Waals surface area contributed by atoms with Gasteiger partial charge in [-0.15, -0.1) is 0 Å². The van der Waals surface area contributed by atoms with E-state index in [1.165, 1.54) is 0 Å². The Morgan fingerprint density at radius 2 is 1.22 bits per heavy atom. The van der Waals surface area contributed by atoms with Gasteiger partial charge in [0.05, 0.1) is 12.2 Å². The highest BCUT2D eigenvalue weighted by atomic mass is 16.5. The predicted molar refractivity (Wildman–Crippen MR) is 177 cm³/mol. The van der Waals surface area contributed by atoms with Crippen LogP contribution in [0.3, 0.4) is 0 Å². The number of carbonyl (C=O) groups is 1. The molecule has 0 radical (unpaired) electrons. The van der Waals surface area contributed by atoms with Crippen LogP contribution in [0.2, 0.25) is 0 Å². The molecule has 6 heterocycles. The number of pyridine rings is 2. The van der Waals surface area contributed by atoms with Crippen LogP contribution in [0.25, 0.3) is 22.8 Å². The van der Waals surface area contributed by atoms with E-state index in [4.69, 9.17) is 18.5 Å². The standard InChI is InChI=1S/C36H40N8O5/c1-2-36(28-6-4-3-5-7-28,44-22-14-30(15-23-44)47-25-32-40-34(42-49-32)27-10-18-38-19-11-27)35(45)43-20-12-29(13-21-43)46-24-31-39-33(41-48-31)26-8-16-37-17-9-26/h3-11,16-19,29-30H,2,12-15,20-25H2,1H3. The van der Waals surface area contributed by atoms with Gasteiger partial charge < -0.3 is 23.4 Å². The van der Waals surface area contributed by atoms with E-state index in [-0.39, 0.29) is 31.3 Å². The van der Waals surface area contributed by atoms with Crippen molar-refractivity contribution in [2.75, 3.05) is 26.2 Å². The number of hydrogen-bond donors (Lipinski definition) is 0. The number of benzene rings is 1. The first kappa shape index (κ1) is 32.7. The van der Waals surface area contributed by atoms with Gasteiger partial charge in [-0.3, -0.25) is 19.7 Å². The molecule has 1 amide bonds. The first-order valence-corrected chi connectivity index (χ1v) is 16.9. The zero-order valence-electron chi connectivity index (χ0n) is 27.6.